The number of hydrogen-bond acceptors (Lipinski definition) is 4. The second kappa shape index (κ2) is 6.69. The first-order valence-corrected chi connectivity index (χ1v) is 9.76. The SMILES string of the molecule is CCOC(=O)N1C=C2CCC[C@@H]3Oc4c(OC)ccc(CCl)c4[C@]23CC1. The maximum absolute atomic E-state index is 12.2. The Labute approximate surface area is 158 Å². The molecule has 1 fully saturated rings. The number of hydrogen-bond donors (Lipinski definition) is 0. The van der Waals surface area contributed by atoms with Crippen LogP contribution < -0.4 is 9.47 Å². The molecule has 1 amide bonds. The van der Waals surface area contributed by atoms with Gasteiger partial charge in [-0.2, -0.15) is 0 Å². The van der Waals surface area contributed by atoms with Crippen molar-refractivity contribution < 1.29 is 19.0 Å². The van der Waals surface area contributed by atoms with Gasteiger partial charge in [0.25, 0.3) is 0 Å². The molecule has 140 valence electrons. The quantitative estimate of drug-likeness (QED) is 0.734. The molecule has 0 unspecified atom stereocenters. The van der Waals surface area contributed by atoms with Crippen molar-refractivity contribution in [1.29, 1.82) is 0 Å². The second-order valence-electron chi connectivity index (χ2n) is 7.03. The van der Waals surface area contributed by atoms with Crippen LogP contribution >= 0.6 is 11.6 Å². The molecule has 1 spiro atoms. The van der Waals surface area contributed by atoms with Crippen molar-refractivity contribution in [1.82, 2.24) is 4.90 Å². The molecular weight excluding hydrogens is 354 g/mol. The van der Waals surface area contributed by atoms with Crippen LogP contribution in [0.15, 0.2) is 23.9 Å². The Kier molecular flexibility index (Phi) is 4.51. The maximum atomic E-state index is 12.2. The molecule has 4 rings (SSSR count). The average molecular weight is 378 g/mol. The molecule has 0 bridgehead atoms. The van der Waals surface area contributed by atoms with Gasteiger partial charge in [0.2, 0.25) is 0 Å². The van der Waals surface area contributed by atoms with E-state index in [9.17, 15) is 4.79 Å². The first kappa shape index (κ1) is 17.5. The molecule has 1 aliphatic carbocycles. The Morgan fingerprint density at radius 2 is 2.31 bits per heavy atom. The Balaban J connectivity index is 1.84. The summed E-state index contributed by atoms with van der Waals surface area (Å²) < 4.78 is 17.2. The standard InChI is InChI=1S/C20H24ClNO4/c1-3-25-19(23)22-10-9-20-14(12-22)5-4-6-16(20)26-18-15(24-2)8-7-13(11-21)17(18)20/h7-8,12,16H,3-6,9-11H2,1-2H3/t16-,20+/m0/s1. The maximum Gasteiger partial charge on any atom is 0.413 e. The monoisotopic (exact) mass is 377 g/mol. The number of halogens is 1. The van der Waals surface area contributed by atoms with E-state index in [0.717, 1.165) is 48.3 Å². The normalized spacial score (nSPS) is 26.2. The van der Waals surface area contributed by atoms with E-state index in [4.69, 9.17) is 25.8 Å². The number of ether oxygens (including phenoxy) is 3. The topological polar surface area (TPSA) is 48.0 Å². The molecule has 2 atom stereocenters. The van der Waals surface area contributed by atoms with E-state index in [1.165, 1.54) is 5.57 Å². The van der Waals surface area contributed by atoms with Crippen LogP contribution in [0.25, 0.3) is 0 Å². The predicted octanol–water partition coefficient (Wildman–Crippen LogP) is 4.36. The molecule has 6 heteroatoms. The number of carbonyl (C=O) groups is 1. The van der Waals surface area contributed by atoms with Gasteiger partial charge >= 0.3 is 6.09 Å². The van der Waals surface area contributed by atoms with Gasteiger partial charge in [0.05, 0.1) is 19.1 Å². The van der Waals surface area contributed by atoms with E-state index in [2.05, 4.69) is 0 Å². The Morgan fingerprint density at radius 3 is 3.04 bits per heavy atom. The minimum atomic E-state index is -0.278. The van der Waals surface area contributed by atoms with Gasteiger partial charge in [-0.05, 0) is 49.8 Å². The van der Waals surface area contributed by atoms with E-state index < -0.39 is 0 Å². The highest BCUT2D eigenvalue weighted by molar-refractivity contribution is 6.17. The summed E-state index contributed by atoms with van der Waals surface area (Å²) in [7, 11) is 1.67. The van der Waals surface area contributed by atoms with Crippen LogP contribution in [0.1, 0.15) is 43.7 Å². The summed E-state index contributed by atoms with van der Waals surface area (Å²) in [6.07, 6.45) is 5.58. The Hall–Kier alpha value is -1.88. The number of methoxy groups -OCH3 is 1. The van der Waals surface area contributed by atoms with Crippen molar-refractivity contribution in [2.75, 3.05) is 20.3 Å². The van der Waals surface area contributed by atoms with Gasteiger partial charge in [-0.25, -0.2) is 4.79 Å². The summed E-state index contributed by atoms with van der Waals surface area (Å²) in [6.45, 7) is 2.82. The first-order chi connectivity index (χ1) is 12.7. The summed E-state index contributed by atoms with van der Waals surface area (Å²) in [6, 6.07) is 3.97. The van der Waals surface area contributed by atoms with Gasteiger partial charge in [-0.3, -0.25) is 4.90 Å². The number of amides is 1. The highest BCUT2D eigenvalue weighted by atomic mass is 35.5. The molecular formula is C20H24ClNO4. The van der Waals surface area contributed by atoms with Crippen LogP contribution in [0, 0.1) is 0 Å². The minimum Gasteiger partial charge on any atom is -0.493 e. The van der Waals surface area contributed by atoms with Crippen LogP contribution in [0.5, 0.6) is 11.5 Å². The van der Waals surface area contributed by atoms with Crippen LogP contribution in [0.2, 0.25) is 0 Å². The number of fused-ring (bicyclic) bond motifs is 1. The van der Waals surface area contributed by atoms with E-state index in [1.807, 2.05) is 25.3 Å². The van der Waals surface area contributed by atoms with Gasteiger partial charge in [0, 0.05) is 24.2 Å². The lowest BCUT2D eigenvalue weighted by molar-refractivity contribution is 0.0906. The number of benzene rings is 1. The van der Waals surface area contributed by atoms with Crippen LogP contribution in [0.4, 0.5) is 4.79 Å². The molecule has 0 aromatic heterocycles. The molecule has 0 saturated heterocycles. The second-order valence-corrected chi connectivity index (χ2v) is 7.30. The highest BCUT2D eigenvalue weighted by Crippen LogP contribution is 2.59. The number of rotatable bonds is 3. The molecule has 0 radical (unpaired) electrons. The fraction of sp³-hybridized carbons (Fsp3) is 0.550. The third kappa shape index (κ3) is 2.40. The van der Waals surface area contributed by atoms with Gasteiger partial charge < -0.3 is 14.2 Å². The predicted molar refractivity (Wildman–Crippen MR) is 98.9 cm³/mol. The van der Waals surface area contributed by atoms with Gasteiger partial charge in [0.15, 0.2) is 11.5 Å². The number of alkyl halides is 1. The molecule has 2 aliphatic heterocycles. The Bertz CT molecular complexity index is 762. The van der Waals surface area contributed by atoms with Crippen LogP contribution in [-0.4, -0.2) is 37.4 Å². The van der Waals surface area contributed by atoms with Crippen molar-refractivity contribution in [2.24, 2.45) is 0 Å². The van der Waals surface area contributed by atoms with E-state index in [0.29, 0.717) is 19.0 Å². The van der Waals surface area contributed by atoms with Crippen molar-refractivity contribution in [3.63, 3.8) is 0 Å². The molecule has 1 aromatic rings. The fourth-order valence-electron chi connectivity index (χ4n) is 4.79. The smallest absolute Gasteiger partial charge is 0.413 e. The van der Waals surface area contributed by atoms with E-state index in [-0.39, 0.29) is 17.6 Å². The molecule has 3 aliphatic rings. The molecule has 26 heavy (non-hydrogen) atoms. The van der Waals surface area contributed by atoms with Gasteiger partial charge in [-0.1, -0.05) is 6.07 Å². The van der Waals surface area contributed by atoms with Crippen molar-refractivity contribution in [3.8, 4) is 11.5 Å². The molecule has 0 N–H and O–H groups in total. The molecule has 1 aromatic carbocycles. The molecule has 5 nitrogen and oxygen atoms in total. The summed E-state index contributed by atoms with van der Waals surface area (Å²) in [4.78, 5) is 13.9. The van der Waals surface area contributed by atoms with Crippen LogP contribution in [-0.2, 0) is 16.0 Å². The largest absolute Gasteiger partial charge is 0.493 e. The minimum absolute atomic E-state index is 0.0695. The number of nitrogens with zero attached hydrogens (tertiary/aromatic N) is 1. The van der Waals surface area contributed by atoms with E-state index >= 15 is 0 Å². The third-order valence-corrected chi connectivity index (χ3v) is 6.16. The summed E-state index contributed by atoms with van der Waals surface area (Å²) in [5.74, 6) is 2.01. The van der Waals surface area contributed by atoms with E-state index in [1.54, 1.807) is 12.0 Å². The lowest BCUT2D eigenvalue weighted by Gasteiger charge is -2.45. The van der Waals surface area contributed by atoms with Gasteiger partial charge in [0.1, 0.15) is 6.10 Å². The summed E-state index contributed by atoms with van der Waals surface area (Å²) in [5.41, 5.74) is 3.27. The third-order valence-electron chi connectivity index (χ3n) is 5.87. The zero-order chi connectivity index (χ0) is 18.3. The van der Waals surface area contributed by atoms with Crippen LogP contribution in [0.3, 0.4) is 0 Å². The van der Waals surface area contributed by atoms with Crippen molar-refractivity contribution in [3.05, 3.63) is 35.0 Å². The van der Waals surface area contributed by atoms with Crippen molar-refractivity contribution >= 4 is 17.7 Å². The summed E-state index contributed by atoms with van der Waals surface area (Å²) >= 11 is 6.29. The lowest BCUT2D eigenvalue weighted by Crippen LogP contribution is -2.49. The zero-order valence-corrected chi connectivity index (χ0v) is 16.0. The van der Waals surface area contributed by atoms with Gasteiger partial charge in [-0.15, -0.1) is 11.6 Å². The van der Waals surface area contributed by atoms with Crippen molar-refractivity contribution in [2.45, 2.75) is 50.0 Å². The highest BCUT2D eigenvalue weighted by Gasteiger charge is 2.56. The lowest BCUT2D eigenvalue weighted by atomic mass is 9.61. The Morgan fingerprint density at radius 1 is 1.46 bits per heavy atom. The fourth-order valence-corrected chi connectivity index (χ4v) is 5.01. The summed E-state index contributed by atoms with van der Waals surface area (Å²) in [5, 5.41) is 0. The average Bonchev–Trinajstić information content (AvgIpc) is 3.01. The molecule has 2 heterocycles. The first-order valence-electron chi connectivity index (χ1n) is 9.23. The molecule has 1 saturated carbocycles. The number of carbonyl (C=O) groups excluding carboxylic acids is 1. The zero-order valence-electron chi connectivity index (χ0n) is 15.2.